The number of hydrogen-bond acceptors (Lipinski definition) is 4. The van der Waals surface area contributed by atoms with Gasteiger partial charge in [-0.25, -0.2) is 14.2 Å². The first-order valence-corrected chi connectivity index (χ1v) is 7.82. The molecular weight excluding hydrogens is 317 g/mol. The van der Waals surface area contributed by atoms with Gasteiger partial charge in [0, 0.05) is 5.69 Å². The number of rotatable bonds is 4. The van der Waals surface area contributed by atoms with Crippen LogP contribution < -0.4 is 15.4 Å². The van der Waals surface area contributed by atoms with Crippen LogP contribution in [0.3, 0.4) is 0 Å². The monoisotopic (exact) mass is 331 g/mol. The van der Waals surface area contributed by atoms with Gasteiger partial charge in [-0.3, -0.25) is 5.32 Å². The molecule has 23 heavy (non-hydrogen) atoms. The van der Waals surface area contributed by atoms with Gasteiger partial charge in [-0.1, -0.05) is 11.3 Å². The maximum absolute atomic E-state index is 12.8. The highest BCUT2D eigenvalue weighted by atomic mass is 32.1. The Labute approximate surface area is 136 Å². The van der Waals surface area contributed by atoms with Crippen LogP contribution in [0.1, 0.15) is 6.92 Å². The molecule has 0 unspecified atom stereocenters. The number of thiazole rings is 1. The molecule has 118 valence electrons. The molecule has 1 aromatic heterocycles. The molecule has 3 rings (SSSR count). The van der Waals surface area contributed by atoms with E-state index < -0.39 is 6.03 Å². The molecule has 0 atom stereocenters. The molecule has 2 aromatic carbocycles. The molecule has 0 aliphatic heterocycles. The second kappa shape index (κ2) is 6.62. The zero-order chi connectivity index (χ0) is 16.2. The lowest BCUT2D eigenvalue weighted by Gasteiger charge is -2.04. The van der Waals surface area contributed by atoms with Crippen molar-refractivity contribution in [1.29, 1.82) is 0 Å². The van der Waals surface area contributed by atoms with Crippen LogP contribution in [-0.2, 0) is 0 Å². The largest absolute Gasteiger partial charge is 0.494 e. The van der Waals surface area contributed by atoms with Gasteiger partial charge in [0.25, 0.3) is 0 Å². The Morgan fingerprint density at radius 1 is 1.22 bits per heavy atom. The maximum atomic E-state index is 12.8. The zero-order valence-corrected chi connectivity index (χ0v) is 13.1. The third-order valence-corrected chi connectivity index (χ3v) is 3.93. The van der Waals surface area contributed by atoms with Gasteiger partial charge in [-0.2, -0.15) is 0 Å². The number of benzene rings is 2. The first-order valence-electron chi connectivity index (χ1n) is 7.01. The highest BCUT2D eigenvalue weighted by Crippen LogP contribution is 2.29. The first-order chi connectivity index (χ1) is 11.1. The van der Waals surface area contributed by atoms with Crippen LogP contribution in [0.15, 0.2) is 42.5 Å². The summed E-state index contributed by atoms with van der Waals surface area (Å²) in [4.78, 5) is 16.3. The number of fused-ring (bicyclic) bond motifs is 1. The summed E-state index contributed by atoms with van der Waals surface area (Å²) in [5.74, 6) is 0.415. The Morgan fingerprint density at radius 3 is 2.74 bits per heavy atom. The number of ether oxygens (including phenoxy) is 1. The number of carbonyl (C=O) groups excluding carboxylic acids is 1. The summed E-state index contributed by atoms with van der Waals surface area (Å²) in [6, 6.07) is 10.7. The van der Waals surface area contributed by atoms with E-state index in [0.717, 1.165) is 16.0 Å². The number of hydrogen-bond donors (Lipinski definition) is 2. The van der Waals surface area contributed by atoms with Gasteiger partial charge in [-0.05, 0) is 49.4 Å². The van der Waals surface area contributed by atoms with E-state index in [2.05, 4.69) is 15.6 Å². The van der Waals surface area contributed by atoms with Crippen molar-refractivity contribution >= 4 is 38.4 Å². The molecule has 2 amide bonds. The smallest absolute Gasteiger partial charge is 0.325 e. The predicted octanol–water partition coefficient (Wildman–Crippen LogP) is 4.48. The van der Waals surface area contributed by atoms with Gasteiger partial charge in [0.2, 0.25) is 0 Å². The van der Waals surface area contributed by atoms with E-state index in [-0.39, 0.29) is 5.82 Å². The molecule has 2 N–H and O–H groups in total. The van der Waals surface area contributed by atoms with Crippen LogP contribution in [0.4, 0.5) is 20.0 Å². The SMILES string of the molecule is CCOc1ccc2nc(NC(=O)Nc3ccc(F)cc3)sc2c1. The van der Waals surface area contributed by atoms with Crippen molar-refractivity contribution in [2.75, 3.05) is 17.2 Å². The number of nitrogens with zero attached hydrogens (tertiary/aromatic N) is 1. The number of urea groups is 1. The van der Waals surface area contributed by atoms with Crippen LogP contribution in [0.25, 0.3) is 10.2 Å². The van der Waals surface area contributed by atoms with E-state index in [1.54, 1.807) is 0 Å². The number of halogens is 1. The molecule has 0 radical (unpaired) electrons. The van der Waals surface area contributed by atoms with E-state index in [9.17, 15) is 9.18 Å². The summed E-state index contributed by atoms with van der Waals surface area (Å²) in [6.45, 7) is 2.51. The lowest BCUT2D eigenvalue weighted by molar-refractivity contribution is 0.262. The van der Waals surface area contributed by atoms with Gasteiger partial charge in [0.15, 0.2) is 5.13 Å². The first kappa shape index (κ1) is 15.2. The lowest BCUT2D eigenvalue weighted by Crippen LogP contribution is -2.19. The maximum Gasteiger partial charge on any atom is 0.325 e. The number of nitrogens with one attached hydrogen (secondary N) is 2. The normalized spacial score (nSPS) is 10.5. The fraction of sp³-hybridized carbons (Fsp3) is 0.125. The summed E-state index contributed by atoms with van der Waals surface area (Å²) in [5.41, 5.74) is 1.29. The van der Waals surface area contributed by atoms with Gasteiger partial charge < -0.3 is 10.1 Å². The number of aromatic nitrogens is 1. The Balaban J connectivity index is 1.70. The van der Waals surface area contributed by atoms with E-state index >= 15 is 0 Å². The van der Waals surface area contributed by atoms with Gasteiger partial charge >= 0.3 is 6.03 Å². The zero-order valence-electron chi connectivity index (χ0n) is 12.3. The van der Waals surface area contributed by atoms with E-state index in [1.807, 2.05) is 25.1 Å². The van der Waals surface area contributed by atoms with Crippen molar-refractivity contribution in [1.82, 2.24) is 4.98 Å². The average molecular weight is 331 g/mol. The third kappa shape index (κ3) is 3.75. The molecule has 5 nitrogen and oxygen atoms in total. The molecule has 0 spiro atoms. The number of carbonyl (C=O) groups is 1. The fourth-order valence-electron chi connectivity index (χ4n) is 2.01. The highest BCUT2D eigenvalue weighted by molar-refractivity contribution is 7.22. The molecule has 0 bridgehead atoms. The van der Waals surface area contributed by atoms with Crippen molar-refractivity contribution in [3.8, 4) is 5.75 Å². The molecule has 3 aromatic rings. The van der Waals surface area contributed by atoms with Crippen molar-refractivity contribution in [2.24, 2.45) is 0 Å². The molecule has 7 heteroatoms. The summed E-state index contributed by atoms with van der Waals surface area (Å²) in [5, 5.41) is 5.77. The van der Waals surface area contributed by atoms with Crippen molar-refractivity contribution in [2.45, 2.75) is 6.92 Å². The second-order valence-electron chi connectivity index (χ2n) is 4.67. The van der Waals surface area contributed by atoms with Crippen molar-refractivity contribution in [3.05, 3.63) is 48.3 Å². The van der Waals surface area contributed by atoms with Crippen LogP contribution in [0.5, 0.6) is 5.75 Å². The minimum atomic E-state index is -0.430. The van der Waals surface area contributed by atoms with Crippen LogP contribution >= 0.6 is 11.3 Å². The van der Waals surface area contributed by atoms with Crippen LogP contribution in [0.2, 0.25) is 0 Å². The predicted molar refractivity (Wildman–Crippen MR) is 89.8 cm³/mol. The Morgan fingerprint density at radius 2 is 2.00 bits per heavy atom. The summed E-state index contributed by atoms with van der Waals surface area (Å²) >= 11 is 1.36. The summed E-state index contributed by atoms with van der Waals surface area (Å²) in [7, 11) is 0. The Hall–Kier alpha value is -2.67. The summed E-state index contributed by atoms with van der Waals surface area (Å²) < 4.78 is 19.2. The van der Waals surface area contributed by atoms with Crippen molar-refractivity contribution < 1.29 is 13.9 Å². The van der Waals surface area contributed by atoms with Gasteiger partial charge in [-0.15, -0.1) is 0 Å². The lowest BCUT2D eigenvalue weighted by atomic mass is 10.3. The standard InChI is InChI=1S/C16H14FN3O2S/c1-2-22-12-7-8-13-14(9-12)23-16(19-13)20-15(21)18-11-5-3-10(17)4-6-11/h3-9H,2H2,1H3,(H2,18,19,20,21). The minimum absolute atomic E-state index is 0.354. The minimum Gasteiger partial charge on any atom is -0.494 e. The van der Waals surface area contributed by atoms with Gasteiger partial charge in [0.1, 0.15) is 11.6 Å². The number of amides is 2. The second-order valence-corrected chi connectivity index (χ2v) is 5.70. The third-order valence-electron chi connectivity index (χ3n) is 2.99. The molecule has 0 saturated heterocycles. The number of anilines is 2. The Bertz CT molecular complexity index is 833. The average Bonchev–Trinajstić information content (AvgIpc) is 2.91. The highest BCUT2D eigenvalue weighted by Gasteiger charge is 2.09. The quantitative estimate of drug-likeness (QED) is 0.741. The molecule has 0 saturated carbocycles. The molecule has 0 aliphatic rings. The molecule has 1 heterocycles. The molecule has 0 aliphatic carbocycles. The van der Waals surface area contributed by atoms with Crippen LogP contribution in [0, 0.1) is 5.82 Å². The van der Waals surface area contributed by atoms with Crippen molar-refractivity contribution in [3.63, 3.8) is 0 Å². The fourth-order valence-corrected chi connectivity index (χ4v) is 2.90. The van der Waals surface area contributed by atoms with E-state index in [1.165, 1.54) is 35.6 Å². The van der Waals surface area contributed by atoms with Crippen LogP contribution in [-0.4, -0.2) is 17.6 Å². The summed E-state index contributed by atoms with van der Waals surface area (Å²) in [6.07, 6.45) is 0. The molecule has 0 fully saturated rings. The topological polar surface area (TPSA) is 63.2 Å². The van der Waals surface area contributed by atoms with E-state index in [4.69, 9.17) is 4.74 Å². The van der Waals surface area contributed by atoms with Gasteiger partial charge in [0.05, 0.1) is 16.8 Å². The molecular formula is C16H14FN3O2S. The van der Waals surface area contributed by atoms with E-state index in [0.29, 0.717) is 17.4 Å². The Kier molecular flexibility index (Phi) is 4.38.